The minimum Gasteiger partial charge on any atom is -0.335 e. The molecular weight excluding hydrogens is 1110 g/mol. The van der Waals surface area contributed by atoms with E-state index in [1.807, 2.05) is 0 Å². The largest absolute Gasteiger partial charge is 0.335 e. The molecule has 2 heteroatoms. The van der Waals surface area contributed by atoms with Crippen LogP contribution in [0.1, 0.15) is 41.5 Å². The lowest BCUT2D eigenvalue weighted by molar-refractivity contribution is 0.423. The van der Waals surface area contributed by atoms with Gasteiger partial charge < -0.3 is 9.13 Å². The second-order valence-corrected chi connectivity index (χ2v) is 26.7. The Kier molecular flexibility index (Phi) is 13.7. The summed E-state index contributed by atoms with van der Waals surface area (Å²) in [6.07, 6.45) is 0. The smallest absolute Gasteiger partial charge is 0.0496 e. The zero-order chi connectivity index (χ0) is 62.2. The molecule has 0 saturated carbocycles. The number of hydrogen-bond donors (Lipinski definition) is 0. The van der Waals surface area contributed by atoms with E-state index >= 15 is 0 Å². The van der Waals surface area contributed by atoms with Crippen LogP contribution >= 0.6 is 0 Å². The summed E-state index contributed by atoms with van der Waals surface area (Å²) in [6, 6.07) is 116. The Bertz CT molecular complexity index is 5540. The van der Waals surface area contributed by atoms with E-state index in [0.29, 0.717) is 0 Å². The third-order valence-electron chi connectivity index (χ3n) is 18.9. The predicted octanol–water partition coefficient (Wildman–Crippen LogP) is 25.4. The number of nitrogens with zero attached hydrogens (tertiary/aromatic N) is 2. The maximum Gasteiger partial charge on any atom is 0.0496 e. The average molecular weight is 1180 g/mol. The van der Waals surface area contributed by atoms with Gasteiger partial charge in [0.1, 0.15) is 0 Å². The lowest BCUT2D eigenvalue weighted by atomic mass is 9.85. The number of aromatic nitrogens is 2. The molecule has 0 radical (unpaired) electrons. The molecule has 0 amide bonds. The molecule has 15 aromatic carbocycles. The van der Waals surface area contributed by atoms with Crippen LogP contribution in [0.4, 0.5) is 0 Å². The first-order valence-electron chi connectivity index (χ1n) is 32.3. The van der Waals surface area contributed by atoms with Crippen LogP contribution < -0.4 is 0 Å². The lowest BCUT2D eigenvalue weighted by Gasteiger charge is -2.24. The minimum atomic E-state index is -0.0166. The van der Waals surface area contributed by atoms with Crippen LogP contribution in [-0.4, -0.2) is 9.13 Å². The van der Waals surface area contributed by atoms with Crippen molar-refractivity contribution in [3.8, 4) is 77.9 Å². The molecule has 2 nitrogen and oxygen atoms in total. The fourth-order valence-electron chi connectivity index (χ4n) is 15.0. The highest BCUT2D eigenvalue weighted by Crippen LogP contribution is 2.47. The monoisotopic (exact) mass is 1180 g/mol. The van der Waals surface area contributed by atoms with E-state index < -0.39 is 0 Å². The second kappa shape index (κ2) is 22.5. The molecule has 0 bridgehead atoms. The summed E-state index contributed by atoms with van der Waals surface area (Å²) in [6.45, 7) is 13.7. The summed E-state index contributed by atoms with van der Waals surface area (Å²) in [5, 5.41) is 15.4. The highest BCUT2D eigenvalue weighted by molar-refractivity contribution is 6.23. The Labute approximate surface area is 538 Å². The molecule has 440 valence electrons. The molecule has 0 aliphatic rings. The molecule has 0 unspecified atom stereocenters. The van der Waals surface area contributed by atoms with Crippen molar-refractivity contribution in [1.82, 2.24) is 9.13 Å². The Balaban J connectivity index is 0.000000148. The Morgan fingerprint density at radius 1 is 0.163 bits per heavy atom. The maximum absolute atomic E-state index is 2.47. The highest BCUT2D eigenvalue weighted by atomic mass is 15.1. The third-order valence-corrected chi connectivity index (χ3v) is 18.9. The van der Waals surface area contributed by atoms with Gasteiger partial charge in [0.2, 0.25) is 0 Å². The van der Waals surface area contributed by atoms with E-state index in [2.05, 4.69) is 366 Å². The van der Waals surface area contributed by atoms with Gasteiger partial charge in [-0.1, -0.05) is 279 Å². The summed E-state index contributed by atoms with van der Waals surface area (Å²) in [4.78, 5) is 0. The first-order chi connectivity index (χ1) is 44.9. The van der Waals surface area contributed by atoms with Crippen molar-refractivity contribution in [2.24, 2.45) is 0 Å². The van der Waals surface area contributed by atoms with E-state index in [1.165, 1.54) is 165 Å². The Morgan fingerprint density at radius 3 is 0.652 bits per heavy atom. The topological polar surface area (TPSA) is 9.86 Å². The average Bonchev–Trinajstić information content (AvgIpc) is 0.900. The van der Waals surface area contributed by atoms with Crippen molar-refractivity contribution in [3.05, 3.63) is 315 Å². The van der Waals surface area contributed by atoms with Gasteiger partial charge in [0.05, 0.1) is 0 Å². The van der Waals surface area contributed by atoms with Gasteiger partial charge in [0.15, 0.2) is 0 Å². The molecule has 2 heterocycles. The zero-order valence-corrected chi connectivity index (χ0v) is 52.9. The first-order valence-corrected chi connectivity index (χ1v) is 32.3. The standard InChI is InChI=1S/C48H37N.C42H33N/c1-48(2,3)49-44-20-12-11-15-38(44)43-31-37(29-30-45(43)49)34-23-27-36(28-24-34)47-41-18-9-7-16-39(41)46(40-17-8-10-19-42(40)47)35-25-21-33(22-26-35)32-13-5-4-6-14-32;1-42(2,3)43-38-20-12-11-15-32(38)37-27-31(25-26-39(37)43)28-21-23-30(24-22-28)41-35-18-9-7-16-33(35)40(29-13-5-4-6-14-29)34-17-8-10-19-36(34)41/h4-31H,1-3H3;4-27H,1-3H3. The van der Waals surface area contributed by atoms with Gasteiger partial charge in [-0.2, -0.15) is 0 Å². The molecule has 0 atom stereocenters. The minimum absolute atomic E-state index is 0.00781. The molecule has 17 aromatic rings. The van der Waals surface area contributed by atoms with E-state index in [0.717, 1.165) is 0 Å². The molecule has 0 saturated heterocycles. The van der Waals surface area contributed by atoms with E-state index in [-0.39, 0.29) is 11.1 Å². The van der Waals surface area contributed by atoms with Crippen molar-refractivity contribution in [3.63, 3.8) is 0 Å². The molecule has 2 aromatic heterocycles. The third kappa shape index (κ3) is 9.65. The number of benzene rings is 15. The molecule has 0 aliphatic carbocycles. The summed E-state index contributed by atoms with van der Waals surface area (Å²) < 4.78 is 4.95. The summed E-state index contributed by atoms with van der Waals surface area (Å²) in [5.41, 5.74) is 22.6. The number of rotatable bonds is 7. The lowest BCUT2D eigenvalue weighted by Crippen LogP contribution is -2.21. The van der Waals surface area contributed by atoms with Crippen LogP contribution in [0.2, 0.25) is 0 Å². The first kappa shape index (κ1) is 56.2. The molecule has 92 heavy (non-hydrogen) atoms. The quantitative estimate of drug-likeness (QED) is 0.141. The van der Waals surface area contributed by atoms with Crippen LogP contribution in [0.15, 0.2) is 315 Å². The van der Waals surface area contributed by atoms with E-state index in [4.69, 9.17) is 0 Å². The van der Waals surface area contributed by atoms with Crippen molar-refractivity contribution in [2.45, 2.75) is 52.6 Å². The van der Waals surface area contributed by atoms with Gasteiger partial charge in [0, 0.05) is 54.7 Å². The van der Waals surface area contributed by atoms with Gasteiger partial charge in [-0.3, -0.25) is 0 Å². The number of hydrogen-bond acceptors (Lipinski definition) is 0. The van der Waals surface area contributed by atoms with Gasteiger partial charge in [-0.15, -0.1) is 0 Å². The fraction of sp³-hybridized carbons (Fsp3) is 0.0889. The van der Waals surface area contributed by atoms with Gasteiger partial charge in [-0.05, 0) is 199 Å². The zero-order valence-electron chi connectivity index (χ0n) is 52.9. The van der Waals surface area contributed by atoms with E-state index in [1.54, 1.807) is 0 Å². The SMILES string of the molecule is CC(C)(C)n1c2ccccc2c2cc(-c3ccc(-c4c5ccccc5c(-c5ccc(-c6ccccc6)cc5)c5ccccc45)cc3)ccc21.CC(C)(C)n1c2ccccc2c2cc(-c3ccc(-c4c5ccccc5c(-c5ccccc5)c5ccccc45)cc3)ccc21. The maximum atomic E-state index is 2.47. The van der Waals surface area contributed by atoms with Crippen molar-refractivity contribution in [2.75, 3.05) is 0 Å². The van der Waals surface area contributed by atoms with Crippen molar-refractivity contribution >= 4 is 86.7 Å². The van der Waals surface area contributed by atoms with Crippen molar-refractivity contribution < 1.29 is 0 Å². The number of para-hydroxylation sites is 2. The number of fused-ring (bicyclic) bond motifs is 10. The van der Waals surface area contributed by atoms with Gasteiger partial charge >= 0.3 is 0 Å². The normalized spacial score (nSPS) is 12.0. The molecular formula is C90H70N2. The molecule has 0 spiro atoms. The molecule has 17 rings (SSSR count). The summed E-state index contributed by atoms with van der Waals surface area (Å²) in [7, 11) is 0. The van der Waals surface area contributed by atoms with Gasteiger partial charge in [0.25, 0.3) is 0 Å². The molecule has 0 fully saturated rings. The Morgan fingerprint density at radius 2 is 0.359 bits per heavy atom. The van der Waals surface area contributed by atoms with Crippen LogP contribution in [0.5, 0.6) is 0 Å². The van der Waals surface area contributed by atoms with Gasteiger partial charge in [-0.25, -0.2) is 0 Å². The van der Waals surface area contributed by atoms with Crippen LogP contribution in [-0.2, 0) is 11.1 Å². The van der Waals surface area contributed by atoms with Crippen LogP contribution in [0.25, 0.3) is 165 Å². The summed E-state index contributed by atoms with van der Waals surface area (Å²) in [5.74, 6) is 0. The Hall–Kier alpha value is -11.1. The van der Waals surface area contributed by atoms with E-state index in [9.17, 15) is 0 Å². The molecule has 0 N–H and O–H groups in total. The van der Waals surface area contributed by atoms with Crippen LogP contribution in [0.3, 0.4) is 0 Å². The van der Waals surface area contributed by atoms with Crippen molar-refractivity contribution in [1.29, 1.82) is 0 Å². The molecule has 0 aliphatic heterocycles. The summed E-state index contributed by atoms with van der Waals surface area (Å²) >= 11 is 0. The highest BCUT2D eigenvalue weighted by Gasteiger charge is 2.24. The van der Waals surface area contributed by atoms with Crippen LogP contribution in [0, 0.1) is 0 Å². The fourth-order valence-corrected chi connectivity index (χ4v) is 15.0. The predicted molar refractivity (Wildman–Crippen MR) is 397 cm³/mol. The second-order valence-electron chi connectivity index (χ2n) is 26.7.